The summed E-state index contributed by atoms with van der Waals surface area (Å²) in [7, 11) is -2.22. The predicted octanol–water partition coefficient (Wildman–Crippen LogP) is 1.31. The Morgan fingerprint density at radius 2 is 2.16 bits per heavy atom. The Morgan fingerprint density at radius 1 is 1.58 bits per heavy atom. The minimum absolute atomic E-state index is 0.0250. The van der Waals surface area contributed by atoms with Gasteiger partial charge in [-0.05, 0) is 19.9 Å². The van der Waals surface area contributed by atoms with Gasteiger partial charge in [-0.25, -0.2) is 13.2 Å². The summed E-state index contributed by atoms with van der Waals surface area (Å²) in [5.41, 5.74) is -0.0686. The molecule has 0 aromatic carbocycles. The molecule has 6 nitrogen and oxygen atoms in total. The van der Waals surface area contributed by atoms with Crippen molar-refractivity contribution >= 4 is 16.0 Å². The monoisotopic (exact) mass is 286 g/mol. The molecule has 19 heavy (non-hydrogen) atoms. The third-order valence-electron chi connectivity index (χ3n) is 2.69. The van der Waals surface area contributed by atoms with Crippen LogP contribution in [0.15, 0.2) is 29.8 Å². The third kappa shape index (κ3) is 3.05. The summed E-state index contributed by atoms with van der Waals surface area (Å²) in [6.07, 6.45) is 2.80. The molecule has 0 spiro atoms. The molecule has 106 valence electrons. The number of aromatic nitrogens is 1. The van der Waals surface area contributed by atoms with Crippen molar-refractivity contribution in [2.24, 2.45) is 7.05 Å². The SMILES string of the molecule is C=CCN(C(C)C)S(=O)(=O)c1cc(C(=O)O)n(C)c1. The molecule has 0 atom stereocenters. The van der Waals surface area contributed by atoms with Crippen LogP contribution in [0.5, 0.6) is 0 Å². The van der Waals surface area contributed by atoms with E-state index in [-0.39, 0.29) is 23.2 Å². The van der Waals surface area contributed by atoms with Gasteiger partial charge in [-0.2, -0.15) is 4.31 Å². The van der Waals surface area contributed by atoms with Crippen molar-refractivity contribution in [3.8, 4) is 0 Å². The Kier molecular flexibility index (Phi) is 4.54. The first-order chi connectivity index (χ1) is 8.71. The van der Waals surface area contributed by atoms with Crippen molar-refractivity contribution in [3.63, 3.8) is 0 Å². The zero-order valence-electron chi connectivity index (χ0n) is 11.2. The van der Waals surface area contributed by atoms with Gasteiger partial charge in [0.15, 0.2) is 0 Å². The van der Waals surface area contributed by atoms with Gasteiger partial charge in [0.1, 0.15) is 10.6 Å². The number of hydrogen-bond acceptors (Lipinski definition) is 3. The van der Waals surface area contributed by atoms with Gasteiger partial charge in [-0.15, -0.1) is 6.58 Å². The minimum Gasteiger partial charge on any atom is -0.477 e. The number of aromatic carboxylic acids is 1. The molecule has 0 bridgehead atoms. The Bertz CT molecular complexity index is 587. The Labute approximate surface area is 113 Å². The lowest BCUT2D eigenvalue weighted by atomic mass is 10.4. The summed E-state index contributed by atoms with van der Waals surface area (Å²) < 4.78 is 27.4. The van der Waals surface area contributed by atoms with Crippen LogP contribution in [0.4, 0.5) is 0 Å². The zero-order chi connectivity index (χ0) is 14.8. The van der Waals surface area contributed by atoms with E-state index in [1.807, 2.05) is 0 Å². The summed E-state index contributed by atoms with van der Waals surface area (Å²) in [5.74, 6) is -1.16. The van der Waals surface area contributed by atoms with Crippen LogP contribution in [0.25, 0.3) is 0 Å². The molecule has 7 heteroatoms. The van der Waals surface area contributed by atoms with E-state index in [1.54, 1.807) is 13.8 Å². The van der Waals surface area contributed by atoms with Crippen molar-refractivity contribution < 1.29 is 18.3 Å². The quantitative estimate of drug-likeness (QED) is 0.800. The van der Waals surface area contributed by atoms with Gasteiger partial charge < -0.3 is 9.67 Å². The van der Waals surface area contributed by atoms with Gasteiger partial charge in [0.05, 0.1) is 0 Å². The second-order valence-electron chi connectivity index (χ2n) is 4.43. The molecule has 1 aromatic rings. The van der Waals surface area contributed by atoms with Gasteiger partial charge >= 0.3 is 5.97 Å². The number of carboxylic acids is 1. The highest BCUT2D eigenvalue weighted by Crippen LogP contribution is 2.20. The molecule has 0 unspecified atom stereocenters. The highest BCUT2D eigenvalue weighted by Gasteiger charge is 2.28. The highest BCUT2D eigenvalue weighted by molar-refractivity contribution is 7.89. The van der Waals surface area contributed by atoms with E-state index in [4.69, 9.17) is 5.11 Å². The van der Waals surface area contributed by atoms with Crippen LogP contribution < -0.4 is 0 Å². The molecule has 0 aliphatic rings. The molecule has 0 saturated heterocycles. The van der Waals surface area contributed by atoms with Gasteiger partial charge in [0.2, 0.25) is 10.0 Å². The number of carboxylic acid groups (broad SMARTS) is 1. The second-order valence-corrected chi connectivity index (χ2v) is 6.32. The molecule has 0 saturated carbocycles. The van der Waals surface area contributed by atoms with Crippen LogP contribution in [0.2, 0.25) is 0 Å². The molecule has 0 fully saturated rings. The Balaban J connectivity index is 3.29. The van der Waals surface area contributed by atoms with E-state index < -0.39 is 16.0 Å². The summed E-state index contributed by atoms with van der Waals surface area (Å²) >= 11 is 0. The molecule has 1 aromatic heterocycles. The fourth-order valence-corrected chi connectivity index (χ4v) is 3.42. The Hall–Kier alpha value is -1.60. The molecule has 1 rings (SSSR count). The smallest absolute Gasteiger partial charge is 0.352 e. The van der Waals surface area contributed by atoms with Crippen LogP contribution in [0.1, 0.15) is 24.3 Å². The first-order valence-corrected chi connectivity index (χ1v) is 7.18. The average molecular weight is 286 g/mol. The third-order valence-corrected chi connectivity index (χ3v) is 4.70. The molecular weight excluding hydrogens is 268 g/mol. The van der Waals surface area contributed by atoms with Crippen LogP contribution in [0.3, 0.4) is 0 Å². The predicted molar refractivity (Wildman–Crippen MR) is 71.6 cm³/mol. The zero-order valence-corrected chi connectivity index (χ0v) is 12.0. The highest BCUT2D eigenvalue weighted by atomic mass is 32.2. The van der Waals surface area contributed by atoms with Crippen molar-refractivity contribution in [2.75, 3.05) is 6.54 Å². The van der Waals surface area contributed by atoms with Crippen LogP contribution >= 0.6 is 0 Å². The van der Waals surface area contributed by atoms with Crippen molar-refractivity contribution in [1.29, 1.82) is 0 Å². The number of rotatable bonds is 6. The van der Waals surface area contributed by atoms with E-state index in [9.17, 15) is 13.2 Å². The minimum atomic E-state index is -3.72. The molecule has 0 aliphatic carbocycles. The van der Waals surface area contributed by atoms with Gasteiger partial charge in [-0.3, -0.25) is 0 Å². The number of sulfonamides is 1. The van der Waals surface area contributed by atoms with Gasteiger partial charge in [0, 0.05) is 25.8 Å². The van der Waals surface area contributed by atoms with Crippen LogP contribution in [-0.2, 0) is 17.1 Å². The number of carbonyl (C=O) groups is 1. The lowest BCUT2D eigenvalue weighted by molar-refractivity contribution is 0.0686. The van der Waals surface area contributed by atoms with Gasteiger partial charge in [0.25, 0.3) is 0 Å². The first kappa shape index (κ1) is 15.5. The summed E-state index contributed by atoms with van der Waals surface area (Å²) in [4.78, 5) is 10.9. The van der Waals surface area contributed by atoms with Crippen LogP contribution in [-0.4, -0.2) is 41.0 Å². The van der Waals surface area contributed by atoms with Crippen molar-refractivity contribution in [1.82, 2.24) is 8.87 Å². The molecule has 0 aliphatic heterocycles. The fourth-order valence-electron chi connectivity index (χ4n) is 1.74. The molecule has 1 heterocycles. The first-order valence-electron chi connectivity index (χ1n) is 5.74. The van der Waals surface area contributed by atoms with E-state index in [0.29, 0.717) is 0 Å². The lowest BCUT2D eigenvalue weighted by Crippen LogP contribution is -2.36. The fraction of sp³-hybridized carbons (Fsp3) is 0.417. The standard InChI is InChI=1S/C12H18N2O4S/c1-5-6-14(9(2)3)19(17,18)10-7-11(12(15)16)13(4)8-10/h5,7-9H,1,6H2,2-4H3,(H,15,16). The van der Waals surface area contributed by atoms with E-state index >= 15 is 0 Å². The molecule has 0 radical (unpaired) electrons. The number of nitrogens with zero attached hydrogens (tertiary/aromatic N) is 2. The van der Waals surface area contributed by atoms with E-state index in [2.05, 4.69) is 6.58 Å². The topological polar surface area (TPSA) is 79.6 Å². The van der Waals surface area contributed by atoms with Crippen molar-refractivity contribution in [2.45, 2.75) is 24.8 Å². The molecule has 0 amide bonds. The van der Waals surface area contributed by atoms with Gasteiger partial charge in [-0.1, -0.05) is 6.08 Å². The molecule has 1 N–H and O–H groups in total. The second kappa shape index (κ2) is 5.58. The normalized spacial score (nSPS) is 12.1. The van der Waals surface area contributed by atoms with Crippen molar-refractivity contribution in [3.05, 3.63) is 30.6 Å². The summed E-state index contributed by atoms with van der Waals surface area (Å²) in [6.45, 7) is 7.22. The summed E-state index contributed by atoms with van der Waals surface area (Å²) in [6, 6.07) is 0.923. The van der Waals surface area contributed by atoms with Crippen LogP contribution in [0, 0.1) is 0 Å². The number of hydrogen-bond donors (Lipinski definition) is 1. The van der Waals surface area contributed by atoms with E-state index in [1.165, 1.54) is 28.2 Å². The Morgan fingerprint density at radius 3 is 2.53 bits per heavy atom. The average Bonchev–Trinajstić information content (AvgIpc) is 2.68. The lowest BCUT2D eigenvalue weighted by Gasteiger charge is -2.23. The summed E-state index contributed by atoms with van der Waals surface area (Å²) in [5, 5.41) is 8.95. The largest absolute Gasteiger partial charge is 0.477 e. The number of aryl methyl sites for hydroxylation is 1. The maximum atomic E-state index is 12.4. The van der Waals surface area contributed by atoms with E-state index in [0.717, 1.165) is 6.07 Å². The maximum Gasteiger partial charge on any atom is 0.352 e. The molecular formula is C12H18N2O4S. The maximum absolute atomic E-state index is 12.4.